The second-order valence-electron chi connectivity index (χ2n) is 12.7. The number of fused-ring (bicyclic) bond motifs is 5. The molecule has 35 heavy (non-hydrogen) atoms. The predicted octanol–water partition coefficient (Wildman–Crippen LogP) is 4.71. The Morgan fingerprint density at radius 2 is 1.91 bits per heavy atom. The molecule has 190 valence electrons. The number of hydrogen-bond acceptors (Lipinski definition) is 5. The van der Waals surface area contributed by atoms with Gasteiger partial charge < -0.3 is 10.0 Å². The Hall–Kier alpha value is -1.72. The highest BCUT2D eigenvalue weighted by Gasteiger charge is 2.61. The lowest BCUT2D eigenvalue weighted by atomic mass is 9.46. The normalized spacial score (nSPS) is 41.7. The number of carbonyl (C=O) groups is 1. The molecule has 2 heterocycles. The highest BCUT2D eigenvalue weighted by molar-refractivity contribution is 5.91. The van der Waals surface area contributed by atoms with E-state index in [9.17, 15) is 9.90 Å². The number of pyridine rings is 1. The van der Waals surface area contributed by atoms with Crippen molar-refractivity contribution in [1.82, 2.24) is 9.88 Å². The third kappa shape index (κ3) is 3.98. The van der Waals surface area contributed by atoms with Crippen LogP contribution in [0.1, 0.15) is 65.2 Å². The fourth-order valence-corrected chi connectivity index (χ4v) is 9.34. The lowest BCUT2D eigenvalue weighted by Crippen LogP contribution is -2.56. The molecule has 4 aliphatic carbocycles. The number of aliphatic hydroxyl groups is 1. The molecule has 4 fully saturated rings. The zero-order valence-corrected chi connectivity index (χ0v) is 21.7. The van der Waals surface area contributed by atoms with Crippen LogP contribution >= 0.6 is 0 Å². The van der Waals surface area contributed by atoms with Gasteiger partial charge in [0.25, 0.3) is 0 Å². The number of aliphatic hydroxyl groups excluding tert-OH is 1. The van der Waals surface area contributed by atoms with E-state index in [1.807, 2.05) is 18.3 Å². The van der Waals surface area contributed by atoms with Crippen molar-refractivity contribution < 1.29 is 9.90 Å². The van der Waals surface area contributed by atoms with Crippen LogP contribution in [0.2, 0.25) is 0 Å². The highest BCUT2D eigenvalue weighted by atomic mass is 16.3. The van der Waals surface area contributed by atoms with Crippen molar-refractivity contribution in [3.05, 3.63) is 36.0 Å². The van der Waals surface area contributed by atoms with Gasteiger partial charge in [0, 0.05) is 38.8 Å². The van der Waals surface area contributed by atoms with E-state index in [0.29, 0.717) is 24.0 Å². The van der Waals surface area contributed by atoms with Crippen LogP contribution in [0.3, 0.4) is 0 Å². The summed E-state index contributed by atoms with van der Waals surface area (Å²) in [6, 6.07) is 6.18. The van der Waals surface area contributed by atoms with E-state index in [-0.39, 0.29) is 16.9 Å². The first-order valence-electron chi connectivity index (χ1n) is 14.2. The maximum Gasteiger partial charge on any atom is 0.155 e. The van der Waals surface area contributed by atoms with Gasteiger partial charge in [0.1, 0.15) is 5.82 Å². The number of anilines is 1. The van der Waals surface area contributed by atoms with Crippen molar-refractivity contribution in [2.75, 3.05) is 37.6 Å². The molecule has 0 amide bonds. The molecule has 1 aromatic heterocycles. The maximum absolute atomic E-state index is 12.1. The SMILES string of the molecule is C[C@]12CC(O)[C@H]3[C@@H](CCC4=CC(=O)CC[C@@]43C)[C@@H]1CC[C@@H]2CCN1CCN(c2ccccn2)CC1. The topological polar surface area (TPSA) is 56.7 Å². The predicted molar refractivity (Wildman–Crippen MR) is 139 cm³/mol. The third-order valence-electron chi connectivity index (χ3n) is 11.2. The highest BCUT2D eigenvalue weighted by Crippen LogP contribution is 2.67. The molecule has 5 nitrogen and oxygen atoms in total. The summed E-state index contributed by atoms with van der Waals surface area (Å²) < 4.78 is 0. The molecule has 1 saturated heterocycles. The summed E-state index contributed by atoms with van der Waals surface area (Å²) >= 11 is 0. The molecule has 1 N–H and O–H groups in total. The summed E-state index contributed by atoms with van der Waals surface area (Å²) in [5.41, 5.74) is 1.64. The van der Waals surface area contributed by atoms with Crippen LogP contribution in [0.4, 0.5) is 5.82 Å². The molecule has 5 heteroatoms. The number of piperazine rings is 1. The summed E-state index contributed by atoms with van der Waals surface area (Å²) in [5.74, 6) is 3.81. The summed E-state index contributed by atoms with van der Waals surface area (Å²) in [7, 11) is 0. The van der Waals surface area contributed by atoms with E-state index >= 15 is 0 Å². The Labute approximate surface area is 211 Å². The summed E-state index contributed by atoms with van der Waals surface area (Å²) in [4.78, 5) is 21.7. The number of hydrogen-bond donors (Lipinski definition) is 1. The fourth-order valence-electron chi connectivity index (χ4n) is 9.34. The molecule has 5 aliphatic rings. The second kappa shape index (κ2) is 8.99. The largest absolute Gasteiger partial charge is 0.393 e. The minimum Gasteiger partial charge on any atom is -0.393 e. The van der Waals surface area contributed by atoms with Gasteiger partial charge in [-0.15, -0.1) is 0 Å². The number of aromatic nitrogens is 1. The molecular weight excluding hydrogens is 434 g/mol. The monoisotopic (exact) mass is 477 g/mol. The standard InChI is InChI=1S/C30H43N3O2/c1-29-12-10-23(34)19-22(29)6-8-24-25-9-7-21(30(25,2)20-26(35)28(24)29)11-14-32-15-17-33(18-16-32)27-5-3-4-13-31-27/h3-5,13,19,21,24-26,28,35H,6-12,14-18,20H2,1-2H3/t21-,24+,25+,26?,28-,29+,30-/m1/s1. The van der Waals surface area contributed by atoms with Gasteiger partial charge in [0.05, 0.1) is 6.10 Å². The number of nitrogens with zero attached hydrogens (tertiary/aromatic N) is 3. The lowest BCUT2D eigenvalue weighted by molar-refractivity contribution is -0.134. The average molecular weight is 478 g/mol. The number of carbonyl (C=O) groups excluding carboxylic acids is 1. The Kier molecular flexibility index (Phi) is 6.08. The minimum atomic E-state index is -0.231. The van der Waals surface area contributed by atoms with Crippen molar-refractivity contribution in [2.45, 2.75) is 71.3 Å². The van der Waals surface area contributed by atoms with E-state index in [1.54, 1.807) is 0 Å². The third-order valence-corrected chi connectivity index (χ3v) is 11.2. The van der Waals surface area contributed by atoms with E-state index in [2.05, 4.69) is 40.8 Å². The lowest BCUT2D eigenvalue weighted by Gasteiger charge is -2.60. The van der Waals surface area contributed by atoms with Crippen molar-refractivity contribution in [3.63, 3.8) is 0 Å². The van der Waals surface area contributed by atoms with Gasteiger partial charge in [-0.1, -0.05) is 25.5 Å². The van der Waals surface area contributed by atoms with Gasteiger partial charge >= 0.3 is 0 Å². The van der Waals surface area contributed by atoms with Gasteiger partial charge in [0.15, 0.2) is 5.78 Å². The van der Waals surface area contributed by atoms with Crippen LogP contribution in [0.25, 0.3) is 0 Å². The molecular formula is C30H43N3O2. The van der Waals surface area contributed by atoms with Crippen LogP contribution < -0.4 is 4.90 Å². The molecule has 0 bridgehead atoms. The Morgan fingerprint density at radius 1 is 1.09 bits per heavy atom. The van der Waals surface area contributed by atoms with Crippen molar-refractivity contribution in [1.29, 1.82) is 0 Å². The van der Waals surface area contributed by atoms with Gasteiger partial charge in [-0.3, -0.25) is 9.69 Å². The zero-order valence-electron chi connectivity index (χ0n) is 21.7. The number of ketones is 1. The van der Waals surface area contributed by atoms with E-state index in [1.165, 1.54) is 37.8 Å². The van der Waals surface area contributed by atoms with E-state index < -0.39 is 0 Å². The number of allylic oxidation sites excluding steroid dienone is 1. The maximum atomic E-state index is 12.1. The van der Waals surface area contributed by atoms with Gasteiger partial charge in [-0.05, 0) is 104 Å². The Balaban J connectivity index is 1.10. The molecule has 0 aromatic carbocycles. The van der Waals surface area contributed by atoms with Gasteiger partial charge in [-0.2, -0.15) is 0 Å². The Bertz CT molecular complexity index is 971. The molecule has 1 unspecified atom stereocenters. The molecule has 3 saturated carbocycles. The van der Waals surface area contributed by atoms with Crippen molar-refractivity contribution >= 4 is 11.6 Å². The zero-order chi connectivity index (χ0) is 24.2. The first-order valence-corrected chi connectivity index (χ1v) is 14.2. The molecule has 7 atom stereocenters. The van der Waals surface area contributed by atoms with E-state index in [0.717, 1.165) is 63.1 Å². The first-order chi connectivity index (χ1) is 16.9. The van der Waals surface area contributed by atoms with Gasteiger partial charge in [0.2, 0.25) is 0 Å². The van der Waals surface area contributed by atoms with Crippen molar-refractivity contribution in [3.8, 4) is 0 Å². The molecule has 1 aliphatic heterocycles. The second-order valence-corrected chi connectivity index (χ2v) is 12.7. The number of rotatable bonds is 4. The van der Waals surface area contributed by atoms with E-state index in [4.69, 9.17) is 0 Å². The van der Waals surface area contributed by atoms with Crippen LogP contribution in [0.5, 0.6) is 0 Å². The average Bonchev–Trinajstić information content (AvgIpc) is 3.19. The minimum absolute atomic E-state index is 0.0307. The molecule has 6 rings (SSSR count). The van der Waals surface area contributed by atoms with Crippen LogP contribution in [-0.2, 0) is 4.79 Å². The molecule has 0 spiro atoms. The summed E-state index contributed by atoms with van der Waals surface area (Å²) in [6.07, 6.45) is 12.3. The van der Waals surface area contributed by atoms with Crippen LogP contribution in [0, 0.1) is 34.5 Å². The van der Waals surface area contributed by atoms with Crippen LogP contribution in [-0.4, -0.2) is 59.6 Å². The smallest absolute Gasteiger partial charge is 0.155 e. The summed E-state index contributed by atoms with van der Waals surface area (Å²) in [6.45, 7) is 10.4. The Morgan fingerprint density at radius 3 is 2.69 bits per heavy atom. The van der Waals surface area contributed by atoms with Crippen molar-refractivity contribution in [2.24, 2.45) is 34.5 Å². The summed E-state index contributed by atoms with van der Waals surface area (Å²) in [5, 5.41) is 11.6. The first kappa shape index (κ1) is 23.7. The van der Waals surface area contributed by atoms with Crippen LogP contribution in [0.15, 0.2) is 36.0 Å². The molecule has 1 aromatic rings. The van der Waals surface area contributed by atoms with Gasteiger partial charge in [-0.25, -0.2) is 4.98 Å². The quantitative estimate of drug-likeness (QED) is 0.681. The molecule has 0 radical (unpaired) electrons. The fraction of sp³-hybridized carbons (Fsp3) is 0.733.